The SMILES string of the molecule is COC(=O)Nc1ccc(C#N)cc1-c1cccc(OC)c1. The lowest BCUT2D eigenvalue weighted by atomic mass is 10.0. The smallest absolute Gasteiger partial charge is 0.411 e. The third-order valence-electron chi connectivity index (χ3n) is 2.95. The van der Waals surface area contributed by atoms with Gasteiger partial charge in [0.1, 0.15) is 5.75 Å². The van der Waals surface area contributed by atoms with Crippen molar-refractivity contribution < 1.29 is 14.3 Å². The molecule has 0 atom stereocenters. The fourth-order valence-electron chi connectivity index (χ4n) is 1.91. The van der Waals surface area contributed by atoms with Crippen LogP contribution < -0.4 is 10.1 Å². The predicted molar refractivity (Wildman–Crippen MR) is 79.2 cm³/mol. The number of ether oxygens (including phenoxy) is 2. The monoisotopic (exact) mass is 282 g/mol. The van der Waals surface area contributed by atoms with Crippen LogP contribution in [0.5, 0.6) is 5.75 Å². The number of carbonyl (C=O) groups is 1. The summed E-state index contributed by atoms with van der Waals surface area (Å²) in [6.07, 6.45) is -0.566. The number of rotatable bonds is 3. The average Bonchev–Trinajstić information content (AvgIpc) is 2.55. The maximum atomic E-state index is 11.4. The van der Waals surface area contributed by atoms with Gasteiger partial charge in [-0.2, -0.15) is 5.26 Å². The molecule has 2 aromatic rings. The van der Waals surface area contributed by atoms with Gasteiger partial charge >= 0.3 is 6.09 Å². The van der Waals surface area contributed by atoms with Crippen molar-refractivity contribution in [2.45, 2.75) is 0 Å². The highest BCUT2D eigenvalue weighted by Gasteiger charge is 2.10. The van der Waals surface area contributed by atoms with E-state index in [0.29, 0.717) is 17.0 Å². The number of carbonyl (C=O) groups excluding carboxylic acids is 1. The lowest BCUT2D eigenvalue weighted by Gasteiger charge is -2.12. The summed E-state index contributed by atoms with van der Waals surface area (Å²) in [4.78, 5) is 11.4. The van der Waals surface area contributed by atoms with Gasteiger partial charge in [0.15, 0.2) is 0 Å². The fourth-order valence-corrected chi connectivity index (χ4v) is 1.91. The van der Waals surface area contributed by atoms with Crippen LogP contribution in [0.15, 0.2) is 42.5 Å². The first-order valence-corrected chi connectivity index (χ1v) is 6.21. The Morgan fingerprint density at radius 3 is 2.67 bits per heavy atom. The summed E-state index contributed by atoms with van der Waals surface area (Å²) in [6, 6.07) is 14.5. The number of methoxy groups -OCH3 is 2. The quantitative estimate of drug-likeness (QED) is 0.936. The normalized spacial score (nSPS) is 9.57. The van der Waals surface area contributed by atoms with Gasteiger partial charge in [-0.25, -0.2) is 4.79 Å². The van der Waals surface area contributed by atoms with Crippen molar-refractivity contribution in [2.24, 2.45) is 0 Å². The van der Waals surface area contributed by atoms with Crippen molar-refractivity contribution in [1.82, 2.24) is 0 Å². The number of nitriles is 1. The molecule has 2 rings (SSSR count). The highest BCUT2D eigenvalue weighted by molar-refractivity contribution is 5.92. The van der Waals surface area contributed by atoms with E-state index in [1.54, 1.807) is 25.3 Å². The molecule has 2 aromatic carbocycles. The predicted octanol–water partition coefficient (Wildman–Crippen LogP) is 3.41. The van der Waals surface area contributed by atoms with E-state index < -0.39 is 6.09 Å². The van der Waals surface area contributed by atoms with Crippen LogP contribution in [0.25, 0.3) is 11.1 Å². The third kappa shape index (κ3) is 3.31. The number of nitrogens with zero attached hydrogens (tertiary/aromatic N) is 1. The molecule has 1 amide bonds. The molecule has 0 bridgehead atoms. The van der Waals surface area contributed by atoms with Gasteiger partial charge in [-0.05, 0) is 35.9 Å². The second-order valence-electron chi connectivity index (χ2n) is 4.22. The largest absolute Gasteiger partial charge is 0.497 e. The number of amides is 1. The number of nitrogens with one attached hydrogen (secondary N) is 1. The van der Waals surface area contributed by atoms with E-state index in [-0.39, 0.29) is 0 Å². The number of benzene rings is 2. The van der Waals surface area contributed by atoms with Crippen molar-refractivity contribution in [3.8, 4) is 22.9 Å². The molecule has 0 saturated heterocycles. The maximum absolute atomic E-state index is 11.4. The molecule has 0 heterocycles. The molecule has 0 aliphatic heterocycles. The van der Waals surface area contributed by atoms with Crippen LogP contribution in [0.4, 0.5) is 10.5 Å². The maximum Gasteiger partial charge on any atom is 0.411 e. The zero-order valence-electron chi connectivity index (χ0n) is 11.7. The highest BCUT2D eigenvalue weighted by Crippen LogP contribution is 2.31. The lowest BCUT2D eigenvalue weighted by molar-refractivity contribution is 0.187. The number of hydrogen-bond donors (Lipinski definition) is 1. The van der Waals surface area contributed by atoms with E-state index in [2.05, 4.69) is 16.1 Å². The van der Waals surface area contributed by atoms with Crippen molar-refractivity contribution in [2.75, 3.05) is 19.5 Å². The van der Waals surface area contributed by atoms with Crippen LogP contribution in [0.3, 0.4) is 0 Å². The first-order chi connectivity index (χ1) is 10.2. The molecule has 0 radical (unpaired) electrons. The molecular formula is C16H14N2O3. The Morgan fingerprint density at radius 1 is 1.19 bits per heavy atom. The zero-order valence-corrected chi connectivity index (χ0v) is 11.7. The molecule has 5 nitrogen and oxygen atoms in total. The van der Waals surface area contributed by atoms with Gasteiger partial charge < -0.3 is 9.47 Å². The molecule has 5 heteroatoms. The number of anilines is 1. The van der Waals surface area contributed by atoms with Gasteiger partial charge in [-0.1, -0.05) is 12.1 Å². The average molecular weight is 282 g/mol. The first kappa shape index (κ1) is 14.4. The van der Waals surface area contributed by atoms with Crippen molar-refractivity contribution in [3.05, 3.63) is 48.0 Å². The van der Waals surface area contributed by atoms with Crippen LogP contribution in [0.1, 0.15) is 5.56 Å². The fraction of sp³-hybridized carbons (Fsp3) is 0.125. The topological polar surface area (TPSA) is 71.3 Å². The Labute approximate surface area is 122 Å². The van der Waals surface area contributed by atoms with Gasteiger partial charge in [-0.3, -0.25) is 5.32 Å². The summed E-state index contributed by atoms with van der Waals surface area (Å²) in [5.74, 6) is 0.693. The molecule has 106 valence electrons. The van der Waals surface area contributed by atoms with Crippen LogP contribution in [-0.4, -0.2) is 20.3 Å². The Kier molecular flexibility index (Phi) is 4.42. The number of hydrogen-bond acceptors (Lipinski definition) is 4. The standard InChI is InChI=1S/C16H14N2O3/c1-20-13-5-3-4-12(9-13)14-8-11(10-17)6-7-15(14)18-16(19)21-2/h3-9H,1-2H3,(H,18,19). The molecule has 0 aliphatic carbocycles. The van der Waals surface area contributed by atoms with E-state index in [1.165, 1.54) is 7.11 Å². The lowest BCUT2D eigenvalue weighted by Crippen LogP contribution is -2.11. The molecule has 0 aliphatic rings. The summed E-state index contributed by atoms with van der Waals surface area (Å²) in [5, 5.41) is 11.7. The van der Waals surface area contributed by atoms with Crippen LogP contribution in [0, 0.1) is 11.3 Å². The van der Waals surface area contributed by atoms with E-state index in [9.17, 15) is 4.79 Å². The third-order valence-corrected chi connectivity index (χ3v) is 2.95. The van der Waals surface area contributed by atoms with Gasteiger partial charge in [0.25, 0.3) is 0 Å². The Morgan fingerprint density at radius 2 is 2.00 bits per heavy atom. The van der Waals surface area contributed by atoms with Gasteiger partial charge in [-0.15, -0.1) is 0 Å². The van der Waals surface area contributed by atoms with Crippen molar-refractivity contribution >= 4 is 11.8 Å². The minimum Gasteiger partial charge on any atom is -0.497 e. The Balaban J connectivity index is 2.52. The van der Waals surface area contributed by atoms with E-state index in [4.69, 9.17) is 10.00 Å². The molecule has 0 saturated carbocycles. The molecular weight excluding hydrogens is 268 g/mol. The summed E-state index contributed by atoms with van der Waals surface area (Å²) >= 11 is 0. The summed E-state index contributed by atoms with van der Waals surface area (Å²) < 4.78 is 9.80. The van der Waals surface area contributed by atoms with E-state index in [1.807, 2.05) is 24.3 Å². The molecule has 0 fully saturated rings. The van der Waals surface area contributed by atoms with Crippen molar-refractivity contribution in [3.63, 3.8) is 0 Å². The van der Waals surface area contributed by atoms with Crippen LogP contribution in [-0.2, 0) is 4.74 Å². The minimum absolute atomic E-state index is 0.503. The molecule has 21 heavy (non-hydrogen) atoms. The second-order valence-corrected chi connectivity index (χ2v) is 4.22. The van der Waals surface area contributed by atoms with Crippen LogP contribution in [0.2, 0.25) is 0 Å². The van der Waals surface area contributed by atoms with Gasteiger partial charge in [0, 0.05) is 5.56 Å². The summed E-state index contributed by atoms with van der Waals surface area (Å²) in [5.41, 5.74) is 2.62. The molecule has 1 N–H and O–H groups in total. The van der Waals surface area contributed by atoms with E-state index in [0.717, 1.165) is 11.1 Å². The van der Waals surface area contributed by atoms with Gasteiger partial charge in [0.2, 0.25) is 0 Å². The summed E-state index contributed by atoms with van der Waals surface area (Å²) in [6.45, 7) is 0. The van der Waals surface area contributed by atoms with Gasteiger partial charge in [0.05, 0.1) is 31.5 Å². The Bertz CT molecular complexity index is 705. The Hall–Kier alpha value is -3.00. The van der Waals surface area contributed by atoms with E-state index >= 15 is 0 Å². The highest BCUT2D eigenvalue weighted by atomic mass is 16.5. The van der Waals surface area contributed by atoms with Crippen LogP contribution >= 0.6 is 0 Å². The minimum atomic E-state index is -0.566. The molecule has 0 aromatic heterocycles. The summed E-state index contributed by atoms with van der Waals surface area (Å²) in [7, 11) is 2.88. The van der Waals surface area contributed by atoms with Crippen molar-refractivity contribution in [1.29, 1.82) is 5.26 Å². The molecule has 0 unspecified atom stereocenters. The zero-order chi connectivity index (χ0) is 15.2. The second kappa shape index (κ2) is 6.44. The molecule has 0 spiro atoms. The first-order valence-electron chi connectivity index (χ1n) is 6.21.